The van der Waals surface area contributed by atoms with Crippen molar-refractivity contribution >= 4 is 0 Å². The molecule has 0 N–H and O–H groups in total. The molecule has 1 fully saturated rings. The van der Waals surface area contributed by atoms with Crippen molar-refractivity contribution < 1.29 is 0 Å². The Morgan fingerprint density at radius 1 is 1.70 bits per heavy atom. The molecule has 56 valence electrons. The molecule has 0 radical (unpaired) electrons. The first-order valence-corrected chi connectivity index (χ1v) is 3.92. The van der Waals surface area contributed by atoms with Gasteiger partial charge in [-0.2, -0.15) is 5.26 Å². The molecular formula is C8H14N2. The summed E-state index contributed by atoms with van der Waals surface area (Å²) in [6.45, 7) is 1.22. The van der Waals surface area contributed by atoms with Crippen LogP contribution in [0.5, 0.6) is 0 Å². The number of nitrogens with zero attached hydrogens (tertiary/aromatic N) is 2. The lowest BCUT2D eigenvalue weighted by Crippen LogP contribution is -2.24. The van der Waals surface area contributed by atoms with Crippen LogP contribution in [0.15, 0.2) is 0 Å². The van der Waals surface area contributed by atoms with Gasteiger partial charge in [0.1, 0.15) is 0 Å². The van der Waals surface area contributed by atoms with E-state index in [0.717, 1.165) is 12.8 Å². The monoisotopic (exact) mass is 138 g/mol. The van der Waals surface area contributed by atoms with Gasteiger partial charge < -0.3 is 4.90 Å². The summed E-state index contributed by atoms with van der Waals surface area (Å²) in [5, 5.41) is 8.34. The van der Waals surface area contributed by atoms with E-state index in [1.807, 2.05) is 0 Å². The predicted octanol–water partition coefficient (Wildman–Crippen LogP) is 1.38. The van der Waals surface area contributed by atoms with Crippen molar-refractivity contribution in [2.75, 3.05) is 13.6 Å². The molecule has 1 heterocycles. The Morgan fingerprint density at radius 3 is 3.00 bits per heavy atom. The summed E-state index contributed by atoms with van der Waals surface area (Å²) >= 11 is 0. The van der Waals surface area contributed by atoms with Crippen molar-refractivity contribution in [1.82, 2.24) is 4.90 Å². The van der Waals surface area contributed by atoms with Crippen molar-refractivity contribution in [2.24, 2.45) is 0 Å². The summed E-state index contributed by atoms with van der Waals surface area (Å²) in [6, 6.07) is 2.88. The van der Waals surface area contributed by atoms with Crippen LogP contribution in [0, 0.1) is 11.3 Å². The zero-order chi connectivity index (χ0) is 7.40. The average molecular weight is 138 g/mol. The van der Waals surface area contributed by atoms with Gasteiger partial charge in [-0.05, 0) is 32.9 Å². The van der Waals surface area contributed by atoms with Crippen LogP contribution in [-0.2, 0) is 0 Å². The van der Waals surface area contributed by atoms with E-state index in [1.54, 1.807) is 0 Å². The van der Waals surface area contributed by atoms with E-state index in [0.29, 0.717) is 6.04 Å². The molecule has 0 bridgehead atoms. The molecule has 2 heteroatoms. The Bertz CT molecular complexity index is 137. The zero-order valence-electron chi connectivity index (χ0n) is 6.51. The molecular weight excluding hydrogens is 124 g/mol. The molecule has 1 aliphatic heterocycles. The van der Waals surface area contributed by atoms with Crippen molar-refractivity contribution in [3.05, 3.63) is 0 Å². The fraction of sp³-hybridized carbons (Fsp3) is 0.875. The molecule has 1 rings (SSSR count). The highest BCUT2D eigenvalue weighted by Crippen LogP contribution is 2.18. The summed E-state index contributed by atoms with van der Waals surface area (Å²) in [7, 11) is 2.15. The Labute approximate surface area is 62.4 Å². The molecule has 1 saturated heterocycles. The van der Waals surface area contributed by atoms with E-state index < -0.39 is 0 Å². The maximum absolute atomic E-state index is 8.34. The average Bonchev–Trinajstić information content (AvgIpc) is 2.31. The summed E-state index contributed by atoms with van der Waals surface area (Å²) in [6.07, 6.45) is 4.38. The molecule has 0 aromatic carbocycles. The van der Waals surface area contributed by atoms with E-state index in [4.69, 9.17) is 5.26 Å². The minimum atomic E-state index is 0.694. The largest absolute Gasteiger partial charge is 0.303 e. The van der Waals surface area contributed by atoms with E-state index in [9.17, 15) is 0 Å². The van der Waals surface area contributed by atoms with Crippen LogP contribution in [0.25, 0.3) is 0 Å². The summed E-state index contributed by atoms with van der Waals surface area (Å²) in [5.74, 6) is 0. The molecule has 1 unspecified atom stereocenters. The highest BCUT2D eigenvalue weighted by atomic mass is 15.1. The first kappa shape index (κ1) is 7.56. The van der Waals surface area contributed by atoms with Gasteiger partial charge in [0.05, 0.1) is 6.07 Å². The lowest BCUT2D eigenvalue weighted by Gasteiger charge is -2.17. The third kappa shape index (κ3) is 1.71. The SMILES string of the molecule is CN1CCCC1CCC#N. The lowest BCUT2D eigenvalue weighted by atomic mass is 10.1. The summed E-state index contributed by atoms with van der Waals surface area (Å²) in [4.78, 5) is 2.36. The molecule has 10 heavy (non-hydrogen) atoms. The second-order valence-corrected chi connectivity index (χ2v) is 2.97. The number of likely N-dealkylation sites (tertiary alicyclic amines) is 1. The number of hydrogen-bond acceptors (Lipinski definition) is 2. The van der Waals surface area contributed by atoms with Gasteiger partial charge in [-0.15, -0.1) is 0 Å². The number of rotatable bonds is 2. The number of hydrogen-bond donors (Lipinski definition) is 0. The zero-order valence-corrected chi connectivity index (χ0v) is 6.51. The molecule has 0 aliphatic carbocycles. The Hall–Kier alpha value is -0.550. The topological polar surface area (TPSA) is 27.0 Å². The van der Waals surface area contributed by atoms with E-state index in [2.05, 4.69) is 18.0 Å². The maximum atomic E-state index is 8.34. The fourth-order valence-electron chi connectivity index (χ4n) is 1.58. The normalized spacial score (nSPS) is 26.6. The van der Waals surface area contributed by atoms with E-state index in [1.165, 1.54) is 19.4 Å². The Morgan fingerprint density at radius 2 is 2.50 bits per heavy atom. The molecule has 1 atom stereocenters. The molecule has 2 nitrogen and oxygen atoms in total. The van der Waals surface area contributed by atoms with Crippen LogP contribution in [-0.4, -0.2) is 24.5 Å². The third-order valence-electron chi connectivity index (χ3n) is 2.26. The molecule has 1 aliphatic rings. The van der Waals surface area contributed by atoms with Crippen LogP contribution in [0.1, 0.15) is 25.7 Å². The van der Waals surface area contributed by atoms with Crippen LogP contribution >= 0.6 is 0 Å². The smallest absolute Gasteiger partial charge is 0.0622 e. The van der Waals surface area contributed by atoms with Crippen molar-refractivity contribution in [1.29, 1.82) is 5.26 Å². The van der Waals surface area contributed by atoms with Gasteiger partial charge in [0.2, 0.25) is 0 Å². The summed E-state index contributed by atoms with van der Waals surface area (Å²) < 4.78 is 0. The van der Waals surface area contributed by atoms with Crippen molar-refractivity contribution in [2.45, 2.75) is 31.7 Å². The second kappa shape index (κ2) is 3.58. The molecule has 0 aromatic rings. The molecule has 0 spiro atoms. The molecule has 0 aromatic heterocycles. The van der Waals surface area contributed by atoms with Gasteiger partial charge in [0.15, 0.2) is 0 Å². The lowest BCUT2D eigenvalue weighted by molar-refractivity contribution is 0.298. The first-order chi connectivity index (χ1) is 4.84. The van der Waals surface area contributed by atoms with Gasteiger partial charge in [-0.1, -0.05) is 0 Å². The van der Waals surface area contributed by atoms with Gasteiger partial charge >= 0.3 is 0 Å². The Balaban J connectivity index is 2.21. The van der Waals surface area contributed by atoms with Crippen molar-refractivity contribution in [3.8, 4) is 6.07 Å². The van der Waals surface area contributed by atoms with E-state index in [-0.39, 0.29) is 0 Å². The summed E-state index contributed by atoms with van der Waals surface area (Å²) in [5.41, 5.74) is 0. The molecule has 0 saturated carbocycles. The first-order valence-electron chi connectivity index (χ1n) is 3.92. The quantitative estimate of drug-likeness (QED) is 0.576. The number of nitriles is 1. The highest BCUT2D eigenvalue weighted by molar-refractivity contribution is 4.80. The predicted molar refractivity (Wildman–Crippen MR) is 40.5 cm³/mol. The van der Waals surface area contributed by atoms with Gasteiger partial charge in [-0.3, -0.25) is 0 Å². The van der Waals surface area contributed by atoms with Crippen LogP contribution in [0.3, 0.4) is 0 Å². The van der Waals surface area contributed by atoms with Gasteiger partial charge in [-0.25, -0.2) is 0 Å². The standard InChI is InChI=1S/C8H14N2/c1-10-7-3-5-8(10)4-2-6-9/h8H,2-5,7H2,1H3. The minimum Gasteiger partial charge on any atom is -0.303 e. The van der Waals surface area contributed by atoms with Crippen molar-refractivity contribution in [3.63, 3.8) is 0 Å². The van der Waals surface area contributed by atoms with Gasteiger partial charge in [0, 0.05) is 12.5 Å². The van der Waals surface area contributed by atoms with E-state index >= 15 is 0 Å². The Kier molecular flexibility index (Phi) is 2.70. The minimum absolute atomic E-state index is 0.694. The maximum Gasteiger partial charge on any atom is 0.0622 e. The molecule has 0 amide bonds. The third-order valence-corrected chi connectivity index (χ3v) is 2.26. The van der Waals surface area contributed by atoms with Crippen LogP contribution in [0.4, 0.5) is 0 Å². The van der Waals surface area contributed by atoms with Gasteiger partial charge in [0.25, 0.3) is 0 Å². The second-order valence-electron chi connectivity index (χ2n) is 2.97. The highest BCUT2D eigenvalue weighted by Gasteiger charge is 2.19. The van der Waals surface area contributed by atoms with Crippen LogP contribution < -0.4 is 0 Å². The fourth-order valence-corrected chi connectivity index (χ4v) is 1.58. The van der Waals surface area contributed by atoms with Crippen LogP contribution in [0.2, 0.25) is 0 Å².